The van der Waals surface area contributed by atoms with Crippen LogP contribution in [0.15, 0.2) is 36.9 Å². The molecular formula is C15H19N. The summed E-state index contributed by atoms with van der Waals surface area (Å²) in [4.78, 5) is 2.47. The molecule has 0 aromatic heterocycles. The minimum atomic E-state index is 0.276. The van der Waals surface area contributed by atoms with Crippen LogP contribution in [0.5, 0.6) is 0 Å². The van der Waals surface area contributed by atoms with Crippen LogP contribution >= 0.6 is 0 Å². The highest BCUT2D eigenvalue weighted by molar-refractivity contribution is 5.63. The number of fused-ring (bicyclic) bond motifs is 3. The minimum Gasteiger partial charge on any atom is -0.370 e. The van der Waals surface area contributed by atoms with E-state index in [4.69, 9.17) is 0 Å². The molecule has 0 spiro atoms. The average molecular weight is 213 g/mol. The molecule has 0 radical (unpaired) electrons. The van der Waals surface area contributed by atoms with Crippen molar-refractivity contribution >= 4 is 5.69 Å². The molecule has 1 saturated carbocycles. The predicted octanol–water partition coefficient (Wildman–Crippen LogP) is 3.57. The Morgan fingerprint density at radius 2 is 2.19 bits per heavy atom. The lowest BCUT2D eigenvalue weighted by atomic mass is 9.82. The third-order valence-electron chi connectivity index (χ3n) is 4.65. The van der Waals surface area contributed by atoms with Gasteiger partial charge in [0.1, 0.15) is 0 Å². The lowest BCUT2D eigenvalue weighted by Gasteiger charge is -2.34. The second-order valence-corrected chi connectivity index (χ2v) is 5.47. The summed E-state index contributed by atoms with van der Waals surface area (Å²) in [7, 11) is 2.23. The highest BCUT2D eigenvalue weighted by Gasteiger charge is 2.50. The van der Waals surface area contributed by atoms with Crippen LogP contribution in [-0.2, 0) is 0 Å². The molecule has 1 aliphatic heterocycles. The smallest absolute Gasteiger partial charge is 0.0444 e. The van der Waals surface area contributed by atoms with Crippen molar-refractivity contribution in [2.24, 2.45) is 5.41 Å². The Morgan fingerprint density at radius 3 is 2.94 bits per heavy atom. The summed E-state index contributed by atoms with van der Waals surface area (Å²) >= 11 is 0. The van der Waals surface area contributed by atoms with E-state index in [1.54, 1.807) is 5.56 Å². The van der Waals surface area contributed by atoms with E-state index in [1.165, 1.54) is 18.5 Å². The van der Waals surface area contributed by atoms with Gasteiger partial charge in [-0.1, -0.05) is 31.2 Å². The lowest BCUT2D eigenvalue weighted by Crippen LogP contribution is -2.39. The van der Waals surface area contributed by atoms with E-state index in [-0.39, 0.29) is 5.41 Å². The van der Waals surface area contributed by atoms with Gasteiger partial charge in [0.05, 0.1) is 0 Å². The van der Waals surface area contributed by atoms with Crippen molar-refractivity contribution in [1.82, 2.24) is 0 Å². The third-order valence-corrected chi connectivity index (χ3v) is 4.65. The molecule has 84 valence electrons. The van der Waals surface area contributed by atoms with Crippen molar-refractivity contribution in [3.63, 3.8) is 0 Å². The molecule has 1 heterocycles. The zero-order chi connectivity index (χ0) is 11.3. The summed E-state index contributed by atoms with van der Waals surface area (Å²) in [5, 5.41) is 0. The van der Waals surface area contributed by atoms with E-state index in [9.17, 15) is 0 Å². The van der Waals surface area contributed by atoms with Gasteiger partial charge in [-0.05, 0) is 24.5 Å². The van der Waals surface area contributed by atoms with E-state index in [2.05, 4.69) is 55.8 Å². The van der Waals surface area contributed by atoms with Gasteiger partial charge in [0.25, 0.3) is 0 Å². The van der Waals surface area contributed by atoms with Crippen molar-refractivity contribution in [3.05, 3.63) is 42.5 Å². The Hall–Kier alpha value is -1.24. The summed E-state index contributed by atoms with van der Waals surface area (Å²) in [5.74, 6) is 0.712. The Balaban J connectivity index is 2.11. The Morgan fingerprint density at radius 1 is 1.44 bits per heavy atom. The number of nitrogens with zero attached hydrogens (tertiary/aromatic N) is 1. The maximum absolute atomic E-state index is 4.05. The predicted molar refractivity (Wildman–Crippen MR) is 68.9 cm³/mol. The summed E-state index contributed by atoms with van der Waals surface area (Å²) in [6.45, 7) is 6.40. The maximum Gasteiger partial charge on any atom is 0.0444 e. The SMILES string of the molecule is C=CC1(C)CCC2c3ccccc3N(C)C21. The van der Waals surface area contributed by atoms with E-state index in [1.807, 2.05) is 0 Å². The van der Waals surface area contributed by atoms with Gasteiger partial charge in [-0.2, -0.15) is 0 Å². The molecule has 0 saturated heterocycles. The molecule has 1 aliphatic carbocycles. The molecule has 0 N–H and O–H groups in total. The number of benzene rings is 1. The van der Waals surface area contributed by atoms with Crippen LogP contribution in [-0.4, -0.2) is 13.1 Å². The Labute approximate surface area is 97.8 Å². The number of anilines is 1. The molecule has 0 bridgehead atoms. The molecule has 3 unspecified atom stereocenters. The average Bonchev–Trinajstić information content (AvgIpc) is 2.80. The van der Waals surface area contributed by atoms with Crippen molar-refractivity contribution in [2.45, 2.75) is 31.7 Å². The van der Waals surface area contributed by atoms with Crippen molar-refractivity contribution in [3.8, 4) is 0 Å². The standard InChI is InChI=1S/C15H19N/c1-4-15(2)10-9-12-11-7-5-6-8-13(11)16(3)14(12)15/h4-8,12,14H,1,9-10H2,2-3H3. The first-order valence-electron chi connectivity index (χ1n) is 6.13. The van der Waals surface area contributed by atoms with Gasteiger partial charge in [0.2, 0.25) is 0 Å². The van der Waals surface area contributed by atoms with Crippen molar-refractivity contribution in [1.29, 1.82) is 0 Å². The lowest BCUT2D eigenvalue weighted by molar-refractivity contribution is 0.375. The van der Waals surface area contributed by atoms with Gasteiger partial charge in [-0.25, -0.2) is 0 Å². The van der Waals surface area contributed by atoms with Gasteiger partial charge < -0.3 is 4.90 Å². The molecule has 1 fully saturated rings. The molecule has 3 atom stereocenters. The highest BCUT2D eigenvalue weighted by atomic mass is 15.2. The van der Waals surface area contributed by atoms with Crippen LogP contribution in [0.3, 0.4) is 0 Å². The third kappa shape index (κ3) is 1.06. The molecule has 16 heavy (non-hydrogen) atoms. The second kappa shape index (κ2) is 3.13. The summed E-state index contributed by atoms with van der Waals surface area (Å²) in [6, 6.07) is 9.46. The van der Waals surface area contributed by atoms with Crippen LogP contribution in [0.25, 0.3) is 0 Å². The highest BCUT2D eigenvalue weighted by Crippen LogP contribution is 2.56. The molecule has 1 nitrogen and oxygen atoms in total. The van der Waals surface area contributed by atoms with Gasteiger partial charge in [-0.15, -0.1) is 6.58 Å². The zero-order valence-corrected chi connectivity index (χ0v) is 10.1. The number of hydrogen-bond acceptors (Lipinski definition) is 1. The Bertz CT molecular complexity index is 437. The van der Waals surface area contributed by atoms with Crippen LogP contribution in [0, 0.1) is 5.41 Å². The first kappa shape index (κ1) is 9.95. The van der Waals surface area contributed by atoms with Gasteiger partial charge in [0, 0.05) is 30.1 Å². The molecule has 2 aliphatic rings. The normalized spacial score (nSPS) is 36.0. The first-order valence-corrected chi connectivity index (χ1v) is 6.13. The van der Waals surface area contributed by atoms with E-state index < -0.39 is 0 Å². The first-order chi connectivity index (χ1) is 7.67. The summed E-state index contributed by atoms with van der Waals surface area (Å²) < 4.78 is 0. The van der Waals surface area contributed by atoms with Gasteiger partial charge in [0.15, 0.2) is 0 Å². The second-order valence-electron chi connectivity index (χ2n) is 5.47. The van der Waals surface area contributed by atoms with Crippen LogP contribution in [0.2, 0.25) is 0 Å². The fourth-order valence-electron chi connectivity index (χ4n) is 3.76. The van der Waals surface area contributed by atoms with Crippen LogP contribution in [0.1, 0.15) is 31.2 Å². The number of rotatable bonds is 1. The van der Waals surface area contributed by atoms with Crippen LogP contribution < -0.4 is 4.90 Å². The maximum atomic E-state index is 4.05. The number of hydrogen-bond donors (Lipinski definition) is 0. The molecule has 0 amide bonds. The summed E-state index contributed by atoms with van der Waals surface area (Å²) in [6.07, 6.45) is 4.74. The zero-order valence-electron chi connectivity index (χ0n) is 10.1. The number of para-hydroxylation sites is 1. The minimum absolute atomic E-state index is 0.276. The quantitative estimate of drug-likeness (QED) is 0.645. The molecular weight excluding hydrogens is 194 g/mol. The fraction of sp³-hybridized carbons (Fsp3) is 0.467. The van der Waals surface area contributed by atoms with E-state index in [0.29, 0.717) is 12.0 Å². The molecule has 3 rings (SSSR count). The van der Waals surface area contributed by atoms with Gasteiger partial charge in [-0.3, -0.25) is 0 Å². The topological polar surface area (TPSA) is 3.24 Å². The van der Waals surface area contributed by atoms with Crippen molar-refractivity contribution in [2.75, 3.05) is 11.9 Å². The molecule has 1 heteroatoms. The van der Waals surface area contributed by atoms with Crippen molar-refractivity contribution < 1.29 is 0 Å². The summed E-state index contributed by atoms with van der Waals surface area (Å²) in [5.41, 5.74) is 3.24. The Kier molecular flexibility index (Phi) is 1.95. The van der Waals surface area contributed by atoms with E-state index in [0.717, 1.165) is 0 Å². The largest absolute Gasteiger partial charge is 0.370 e. The fourth-order valence-corrected chi connectivity index (χ4v) is 3.76. The van der Waals surface area contributed by atoms with Gasteiger partial charge >= 0.3 is 0 Å². The number of likely N-dealkylation sites (N-methyl/N-ethyl adjacent to an activating group) is 1. The molecule has 1 aromatic rings. The molecule has 1 aromatic carbocycles. The van der Waals surface area contributed by atoms with Crippen LogP contribution in [0.4, 0.5) is 5.69 Å². The monoisotopic (exact) mass is 213 g/mol. The van der Waals surface area contributed by atoms with E-state index >= 15 is 0 Å².